The van der Waals surface area contributed by atoms with E-state index in [0.29, 0.717) is 28.0 Å². The van der Waals surface area contributed by atoms with Crippen LogP contribution in [0.15, 0.2) is 72.8 Å². The van der Waals surface area contributed by atoms with Crippen molar-refractivity contribution in [3.05, 3.63) is 105 Å². The molecule has 4 rings (SSSR count). The van der Waals surface area contributed by atoms with Gasteiger partial charge in [-0.05, 0) is 47.2 Å². The fourth-order valence-corrected chi connectivity index (χ4v) is 4.08. The van der Waals surface area contributed by atoms with Gasteiger partial charge in [0, 0.05) is 33.4 Å². The lowest BCUT2D eigenvalue weighted by Crippen LogP contribution is -2.06. The van der Waals surface area contributed by atoms with E-state index in [9.17, 15) is 9.90 Å². The molecule has 32 heavy (non-hydrogen) atoms. The molecule has 4 nitrogen and oxygen atoms in total. The maximum atomic E-state index is 11.4. The van der Waals surface area contributed by atoms with E-state index in [1.807, 2.05) is 42.5 Å². The Kier molecular flexibility index (Phi) is 6.75. The second-order valence-electron chi connectivity index (χ2n) is 7.14. The van der Waals surface area contributed by atoms with Crippen LogP contribution in [-0.4, -0.2) is 11.1 Å². The van der Waals surface area contributed by atoms with E-state index >= 15 is 0 Å². The number of hydrogen-bond donors (Lipinski definition) is 2. The minimum atomic E-state index is -1.08. The maximum absolute atomic E-state index is 11.4. The highest BCUT2D eigenvalue weighted by Gasteiger charge is 2.13. The van der Waals surface area contributed by atoms with Crippen LogP contribution in [0.1, 0.15) is 21.5 Å². The lowest BCUT2D eigenvalue weighted by molar-refractivity contribution is 0.0697. The summed E-state index contributed by atoms with van der Waals surface area (Å²) in [6.45, 7) is 0.706. The molecular weight excluding hydrogens is 469 g/mol. The standard InChI is InChI=1S/C25H18Cl3NO3/c26-17-7-5-16(23(28)11-17)14-32-24-10-6-15-3-1-2-4-19(15)21(24)13-29-18-8-9-22(27)20(12-18)25(30)31/h1-12,29H,13-14H2,(H,30,31). The minimum absolute atomic E-state index is 0.0449. The number of ether oxygens (including phenoxy) is 1. The van der Waals surface area contributed by atoms with Gasteiger partial charge < -0.3 is 15.2 Å². The van der Waals surface area contributed by atoms with Crippen molar-refractivity contribution in [1.29, 1.82) is 0 Å². The van der Waals surface area contributed by atoms with Crippen LogP contribution >= 0.6 is 34.8 Å². The monoisotopic (exact) mass is 485 g/mol. The molecule has 0 amide bonds. The first-order valence-electron chi connectivity index (χ1n) is 9.76. The Morgan fingerprint density at radius 1 is 0.906 bits per heavy atom. The highest BCUT2D eigenvalue weighted by molar-refractivity contribution is 6.35. The number of nitrogens with one attached hydrogen (secondary N) is 1. The number of benzene rings is 4. The zero-order valence-corrected chi connectivity index (χ0v) is 19.0. The van der Waals surface area contributed by atoms with Gasteiger partial charge in [-0.15, -0.1) is 0 Å². The van der Waals surface area contributed by atoms with Gasteiger partial charge in [0.05, 0.1) is 10.6 Å². The van der Waals surface area contributed by atoms with Crippen molar-refractivity contribution >= 4 is 57.2 Å². The van der Waals surface area contributed by atoms with Crippen molar-refractivity contribution in [3.63, 3.8) is 0 Å². The number of rotatable bonds is 7. The van der Waals surface area contributed by atoms with Crippen molar-refractivity contribution in [2.45, 2.75) is 13.2 Å². The first-order valence-corrected chi connectivity index (χ1v) is 10.9. The van der Waals surface area contributed by atoms with Gasteiger partial charge in [-0.2, -0.15) is 0 Å². The number of carboxylic acid groups (broad SMARTS) is 1. The SMILES string of the molecule is O=C(O)c1cc(NCc2c(OCc3ccc(Cl)cc3Cl)ccc3ccccc23)ccc1Cl. The van der Waals surface area contributed by atoms with E-state index in [2.05, 4.69) is 5.32 Å². The van der Waals surface area contributed by atoms with Crippen LogP contribution in [0.25, 0.3) is 10.8 Å². The molecule has 0 unspecified atom stereocenters. The molecule has 0 atom stereocenters. The lowest BCUT2D eigenvalue weighted by atomic mass is 10.0. The predicted molar refractivity (Wildman–Crippen MR) is 130 cm³/mol. The van der Waals surface area contributed by atoms with Crippen LogP contribution in [0.3, 0.4) is 0 Å². The van der Waals surface area contributed by atoms with Crippen molar-refractivity contribution < 1.29 is 14.6 Å². The van der Waals surface area contributed by atoms with Crippen LogP contribution in [0, 0.1) is 0 Å². The topological polar surface area (TPSA) is 58.6 Å². The summed E-state index contributed by atoms with van der Waals surface area (Å²) in [5.41, 5.74) is 2.46. The number of anilines is 1. The molecular formula is C25H18Cl3NO3. The number of halogens is 3. The predicted octanol–water partition coefficient (Wildman–Crippen LogP) is 7.69. The Labute approximate surface area is 200 Å². The molecule has 2 N–H and O–H groups in total. The summed E-state index contributed by atoms with van der Waals surface area (Å²) in [4.78, 5) is 11.4. The van der Waals surface area contributed by atoms with Gasteiger partial charge in [0.25, 0.3) is 0 Å². The summed E-state index contributed by atoms with van der Waals surface area (Å²) < 4.78 is 6.14. The quantitative estimate of drug-likeness (QED) is 0.281. The van der Waals surface area contributed by atoms with Crippen LogP contribution < -0.4 is 10.1 Å². The Balaban J connectivity index is 1.63. The fraction of sp³-hybridized carbons (Fsp3) is 0.0800. The molecule has 0 heterocycles. The molecule has 0 aliphatic heterocycles. The second-order valence-corrected chi connectivity index (χ2v) is 8.39. The van der Waals surface area contributed by atoms with E-state index in [1.54, 1.807) is 24.3 Å². The average Bonchev–Trinajstić information content (AvgIpc) is 2.78. The zero-order valence-electron chi connectivity index (χ0n) is 16.7. The summed E-state index contributed by atoms with van der Waals surface area (Å²) in [5.74, 6) is -0.373. The van der Waals surface area contributed by atoms with E-state index in [4.69, 9.17) is 39.5 Å². The molecule has 0 saturated heterocycles. The van der Waals surface area contributed by atoms with Crippen molar-refractivity contribution in [3.8, 4) is 5.75 Å². The minimum Gasteiger partial charge on any atom is -0.488 e. The normalized spacial score (nSPS) is 10.8. The Hall–Kier alpha value is -2.92. The van der Waals surface area contributed by atoms with Gasteiger partial charge in [0.2, 0.25) is 0 Å². The van der Waals surface area contributed by atoms with E-state index in [-0.39, 0.29) is 17.2 Å². The zero-order chi connectivity index (χ0) is 22.7. The second kappa shape index (κ2) is 9.70. The molecule has 0 spiro atoms. The number of hydrogen-bond acceptors (Lipinski definition) is 3. The van der Waals surface area contributed by atoms with Crippen LogP contribution in [-0.2, 0) is 13.2 Å². The Morgan fingerprint density at radius 2 is 1.72 bits per heavy atom. The van der Waals surface area contributed by atoms with Gasteiger partial charge in [0.15, 0.2) is 0 Å². The van der Waals surface area contributed by atoms with Crippen LogP contribution in [0.4, 0.5) is 5.69 Å². The summed E-state index contributed by atoms with van der Waals surface area (Å²) in [6, 6.07) is 22.1. The molecule has 7 heteroatoms. The van der Waals surface area contributed by atoms with E-state index < -0.39 is 5.97 Å². The van der Waals surface area contributed by atoms with E-state index in [0.717, 1.165) is 21.9 Å². The van der Waals surface area contributed by atoms with Gasteiger partial charge in [-0.1, -0.05) is 71.2 Å². The number of carbonyl (C=O) groups is 1. The van der Waals surface area contributed by atoms with E-state index in [1.165, 1.54) is 6.07 Å². The van der Waals surface area contributed by atoms with Crippen molar-refractivity contribution in [1.82, 2.24) is 0 Å². The maximum Gasteiger partial charge on any atom is 0.337 e. The molecule has 0 aliphatic carbocycles. The molecule has 0 saturated carbocycles. The van der Waals surface area contributed by atoms with Gasteiger partial charge in [-0.25, -0.2) is 4.79 Å². The van der Waals surface area contributed by atoms with Gasteiger partial charge >= 0.3 is 5.97 Å². The molecule has 0 radical (unpaired) electrons. The molecule has 0 aromatic heterocycles. The molecule has 0 aliphatic rings. The molecule has 4 aromatic rings. The summed E-state index contributed by atoms with van der Waals surface area (Å²) >= 11 is 18.3. The smallest absolute Gasteiger partial charge is 0.337 e. The summed E-state index contributed by atoms with van der Waals surface area (Å²) in [6.07, 6.45) is 0. The highest BCUT2D eigenvalue weighted by atomic mass is 35.5. The number of fused-ring (bicyclic) bond motifs is 1. The molecule has 0 bridgehead atoms. The number of aromatic carboxylic acids is 1. The summed E-state index contributed by atoms with van der Waals surface area (Å²) in [5, 5.41) is 16.0. The molecule has 162 valence electrons. The molecule has 0 fully saturated rings. The third kappa shape index (κ3) is 4.94. The van der Waals surface area contributed by atoms with Crippen LogP contribution in [0.5, 0.6) is 5.75 Å². The van der Waals surface area contributed by atoms with Crippen LogP contribution in [0.2, 0.25) is 15.1 Å². The Bertz CT molecular complexity index is 1310. The summed E-state index contributed by atoms with van der Waals surface area (Å²) in [7, 11) is 0. The van der Waals surface area contributed by atoms with Crippen molar-refractivity contribution in [2.75, 3.05) is 5.32 Å². The highest BCUT2D eigenvalue weighted by Crippen LogP contribution is 2.31. The Morgan fingerprint density at radius 3 is 2.50 bits per heavy atom. The first kappa shape index (κ1) is 22.3. The number of carboxylic acids is 1. The van der Waals surface area contributed by atoms with Gasteiger partial charge in [-0.3, -0.25) is 0 Å². The first-order chi connectivity index (χ1) is 15.4. The third-order valence-corrected chi connectivity index (χ3v) is 5.98. The molecule has 4 aromatic carbocycles. The van der Waals surface area contributed by atoms with Crippen molar-refractivity contribution in [2.24, 2.45) is 0 Å². The van der Waals surface area contributed by atoms with Gasteiger partial charge in [0.1, 0.15) is 12.4 Å². The third-order valence-electron chi connectivity index (χ3n) is 5.06. The fourth-order valence-electron chi connectivity index (χ4n) is 3.42. The lowest BCUT2D eigenvalue weighted by Gasteiger charge is -2.16. The largest absolute Gasteiger partial charge is 0.488 e. The average molecular weight is 487 g/mol.